The van der Waals surface area contributed by atoms with Gasteiger partial charge < -0.3 is 9.47 Å². The molecule has 0 aromatic carbocycles. The van der Waals surface area contributed by atoms with Crippen molar-refractivity contribution in [2.45, 2.75) is 38.5 Å². The van der Waals surface area contributed by atoms with Crippen molar-refractivity contribution in [2.75, 3.05) is 13.4 Å². The Labute approximate surface area is 74.7 Å². The van der Waals surface area contributed by atoms with Crippen molar-refractivity contribution in [2.24, 2.45) is 0 Å². The first-order valence-electron chi connectivity index (χ1n) is 4.18. The Kier molecular flexibility index (Phi) is 8.57. The Morgan fingerprint density at radius 1 is 1.36 bits per heavy atom. The van der Waals surface area contributed by atoms with Gasteiger partial charge in [0, 0.05) is 6.61 Å². The Balaban J connectivity index is 2.89. The Bertz CT molecular complexity index is 78.5. The van der Waals surface area contributed by atoms with Crippen LogP contribution < -0.4 is 0 Å². The van der Waals surface area contributed by atoms with Crippen LogP contribution in [0.25, 0.3) is 0 Å². The topological polar surface area (TPSA) is 18.5 Å². The first-order valence-corrected chi connectivity index (χ1v) is 4.70. The summed E-state index contributed by atoms with van der Waals surface area (Å²) in [6.07, 6.45) is 3.19. The van der Waals surface area contributed by atoms with Crippen LogP contribution >= 0.6 is 12.6 Å². The van der Waals surface area contributed by atoms with Crippen LogP contribution in [0.2, 0.25) is 0 Å². The quantitative estimate of drug-likeness (QED) is 0.367. The highest BCUT2D eigenvalue weighted by Crippen LogP contribution is 2.01. The van der Waals surface area contributed by atoms with Gasteiger partial charge >= 0.3 is 0 Å². The maximum Gasteiger partial charge on any atom is 0.148 e. The molecular weight excluding hydrogens is 160 g/mol. The maximum absolute atomic E-state index is 5.18. The highest BCUT2D eigenvalue weighted by atomic mass is 32.1. The van der Waals surface area contributed by atoms with Crippen LogP contribution in [0.5, 0.6) is 0 Å². The molecule has 0 N–H and O–H groups in total. The largest absolute Gasteiger partial charge is 0.355 e. The molecule has 0 spiro atoms. The summed E-state index contributed by atoms with van der Waals surface area (Å²) in [6, 6.07) is 0. The van der Waals surface area contributed by atoms with Gasteiger partial charge in [-0.1, -0.05) is 20.3 Å². The molecule has 11 heavy (non-hydrogen) atoms. The van der Waals surface area contributed by atoms with Crippen molar-refractivity contribution in [3.63, 3.8) is 0 Å². The van der Waals surface area contributed by atoms with Crippen molar-refractivity contribution in [3.05, 3.63) is 0 Å². The van der Waals surface area contributed by atoms with E-state index in [1.54, 1.807) is 0 Å². The van der Waals surface area contributed by atoms with E-state index in [2.05, 4.69) is 19.6 Å². The lowest BCUT2D eigenvalue weighted by molar-refractivity contribution is -0.0641. The van der Waals surface area contributed by atoms with Gasteiger partial charge in [-0.2, -0.15) is 0 Å². The molecule has 2 nitrogen and oxygen atoms in total. The molecule has 0 aliphatic carbocycles. The fourth-order valence-electron chi connectivity index (χ4n) is 0.550. The second-order valence-corrected chi connectivity index (χ2v) is 2.99. The number of unbranched alkanes of at least 4 members (excludes halogenated alkanes) is 1. The highest BCUT2D eigenvalue weighted by molar-refractivity contribution is 7.80. The summed E-state index contributed by atoms with van der Waals surface area (Å²) < 4.78 is 10.4. The Morgan fingerprint density at radius 3 is 2.64 bits per heavy atom. The van der Waals surface area contributed by atoms with Crippen molar-refractivity contribution in [1.29, 1.82) is 0 Å². The summed E-state index contributed by atoms with van der Waals surface area (Å²) in [6.45, 7) is 5.34. The Morgan fingerprint density at radius 2 is 2.09 bits per heavy atom. The zero-order chi connectivity index (χ0) is 8.53. The molecule has 0 fully saturated rings. The van der Waals surface area contributed by atoms with E-state index in [9.17, 15) is 0 Å². The second kappa shape index (κ2) is 8.37. The lowest BCUT2D eigenvalue weighted by atomic mass is 10.4. The normalized spacial score (nSPS) is 13.4. The van der Waals surface area contributed by atoms with Gasteiger partial charge in [0.25, 0.3) is 0 Å². The molecule has 0 aromatic heterocycles. The predicted octanol–water partition coefficient (Wildman–Crippen LogP) is 2.44. The molecule has 0 saturated heterocycles. The van der Waals surface area contributed by atoms with Crippen LogP contribution in [0.3, 0.4) is 0 Å². The zero-order valence-corrected chi connectivity index (χ0v) is 8.27. The van der Waals surface area contributed by atoms with E-state index < -0.39 is 0 Å². The first-order chi connectivity index (χ1) is 5.31. The summed E-state index contributed by atoms with van der Waals surface area (Å²) in [7, 11) is 0. The summed E-state index contributed by atoms with van der Waals surface area (Å²) in [5.41, 5.74) is 0.0247. The third kappa shape index (κ3) is 8.17. The van der Waals surface area contributed by atoms with Crippen LogP contribution in [0.4, 0.5) is 0 Å². The molecule has 0 heterocycles. The average molecular weight is 178 g/mol. The van der Waals surface area contributed by atoms with Gasteiger partial charge in [-0.3, -0.25) is 0 Å². The molecule has 0 rings (SSSR count). The van der Waals surface area contributed by atoms with Crippen LogP contribution in [-0.2, 0) is 9.47 Å². The molecule has 0 amide bonds. The van der Waals surface area contributed by atoms with Crippen LogP contribution in [0.1, 0.15) is 33.1 Å². The minimum Gasteiger partial charge on any atom is -0.355 e. The number of thiol groups is 1. The average Bonchev–Trinajstić information content (AvgIpc) is 2.04. The maximum atomic E-state index is 5.18. The fraction of sp³-hybridized carbons (Fsp3) is 1.00. The number of rotatable bonds is 7. The van der Waals surface area contributed by atoms with E-state index in [1.165, 1.54) is 0 Å². The summed E-state index contributed by atoms with van der Waals surface area (Å²) in [5, 5.41) is 0. The van der Waals surface area contributed by atoms with Gasteiger partial charge in [0.1, 0.15) is 12.2 Å². The standard InChI is InChI=1S/C8H18O2S/c1-3-5-6-9-7-10-8(11)4-2/h8,11H,3-7H2,1-2H3. The molecule has 3 heteroatoms. The van der Waals surface area contributed by atoms with Gasteiger partial charge in [0.2, 0.25) is 0 Å². The highest BCUT2D eigenvalue weighted by Gasteiger charge is 1.97. The third-order valence-corrected chi connectivity index (χ3v) is 1.85. The summed E-state index contributed by atoms with van der Waals surface area (Å²) >= 11 is 4.15. The molecule has 0 radical (unpaired) electrons. The molecule has 1 atom stereocenters. The predicted molar refractivity (Wildman–Crippen MR) is 49.9 cm³/mol. The summed E-state index contributed by atoms with van der Waals surface area (Å²) in [5.74, 6) is 0. The zero-order valence-electron chi connectivity index (χ0n) is 7.38. The van der Waals surface area contributed by atoms with Crippen LogP contribution in [-0.4, -0.2) is 18.8 Å². The lowest BCUT2D eigenvalue weighted by Gasteiger charge is -2.09. The molecular formula is C8H18O2S. The van der Waals surface area contributed by atoms with Gasteiger partial charge in [-0.25, -0.2) is 0 Å². The van der Waals surface area contributed by atoms with E-state index >= 15 is 0 Å². The van der Waals surface area contributed by atoms with Crippen molar-refractivity contribution < 1.29 is 9.47 Å². The molecule has 0 aliphatic rings. The fourth-order valence-corrected chi connectivity index (χ4v) is 0.611. The SMILES string of the molecule is CCCCOCOC(S)CC. The molecule has 0 aromatic rings. The monoisotopic (exact) mass is 178 g/mol. The minimum absolute atomic E-state index is 0.0247. The smallest absolute Gasteiger partial charge is 0.148 e. The van der Waals surface area contributed by atoms with Gasteiger partial charge in [0.15, 0.2) is 0 Å². The molecule has 68 valence electrons. The summed E-state index contributed by atoms with van der Waals surface area (Å²) in [4.78, 5) is 0. The van der Waals surface area contributed by atoms with Crippen molar-refractivity contribution >= 4 is 12.6 Å². The second-order valence-electron chi connectivity index (χ2n) is 2.41. The Hall–Kier alpha value is 0.270. The van der Waals surface area contributed by atoms with E-state index in [1.807, 2.05) is 6.92 Å². The van der Waals surface area contributed by atoms with E-state index in [-0.39, 0.29) is 5.44 Å². The first kappa shape index (κ1) is 11.3. The molecule has 0 bridgehead atoms. The van der Waals surface area contributed by atoms with E-state index in [4.69, 9.17) is 9.47 Å². The van der Waals surface area contributed by atoms with Gasteiger partial charge in [0.05, 0.1) is 0 Å². The minimum atomic E-state index is 0.0247. The van der Waals surface area contributed by atoms with Crippen molar-refractivity contribution in [1.82, 2.24) is 0 Å². The van der Waals surface area contributed by atoms with E-state index in [0.717, 1.165) is 25.9 Å². The molecule has 0 saturated carbocycles. The third-order valence-electron chi connectivity index (χ3n) is 1.34. The van der Waals surface area contributed by atoms with E-state index in [0.29, 0.717) is 6.79 Å². The van der Waals surface area contributed by atoms with Crippen LogP contribution in [0.15, 0.2) is 0 Å². The van der Waals surface area contributed by atoms with Crippen molar-refractivity contribution in [3.8, 4) is 0 Å². The lowest BCUT2D eigenvalue weighted by Crippen LogP contribution is -2.08. The number of hydrogen-bond acceptors (Lipinski definition) is 3. The number of ether oxygens (including phenoxy) is 2. The van der Waals surface area contributed by atoms with Gasteiger partial charge in [-0.05, 0) is 12.8 Å². The molecule has 1 unspecified atom stereocenters. The van der Waals surface area contributed by atoms with Crippen LogP contribution in [0, 0.1) is 0 Å². The molecule has 0 aliphatic heterocycles. The van der Waals surface area contributed by atoms with Gasteiger partial charge in [-0.15, -0.1) is 12.6 Å². The number of hydrogen-bond donors (Lipinski definition) is 1.